The van der Waals surface area contributed by atoms with Gasteiger partial charge in [0.2, 0.25) is 0 Å². The number of carbonyl (C=O) groups excluding carboxylic acids is 1. The number of aryl methyl sites for hydroxylation is 1. The van der Waals surface area contributed by atoms with Crippen LogP contribution in [0.2, 0.25) is 0 Å². The number of rotatable bonds is 4. The molecule has 0 aromatic carbocycles. The van der Waals surface area contributed by atoms with E-state index < -0.39 is 4.92 Å². The standard InChI is InChI=1S/C14H22N4O3/c1-4-6-16-9-11(18(20)21)8-12(16)13(19)17-7-5-15-10-14(17,2)3/h8-9,15H,4-7,10H2,1-3H3. The van der Waals surface area contributed by atoms with Crippen LogP contribution >= 0.6 is 0 Å². The third-order valence-electron chi connectivity index (χ3n) is 3.82. The molecule has 21 heavy (non-hydrogen) atoms. The average molecular weight is 294 g/mol. The maximum Gasteiger partial charge on any atom is 0.287 e. The molecule has 0 spiro atoms. The summed E-state index contributed by atoms with van der Waals surface area (Å²) in [4.78, 5) is 25.1. The number of aromatic nitrogens is 1. The summed E-state index contributed by atoms with van der Waals surface area (Å²) >= 11 is 0. The molecule has 0 unspecified atom stereocenters. The number of carbonyl (C=O) groups is 1. The van der Waals surface area contributed by atoms with Gasteiger partial charge in [-0.1, -0.05) is 6.92 Å². The molecule has 0 bridgehead atoms. The number of nitro groups is 1. The molecule has 2 heterocycles. The van der Waals surface area contributed by atoms with Crippen molar-refractivity contribution >= 4 is 11.6 Å². The Hall–Kier alpha value is -1.89. The first-order valence-corrected chi connectivity index (χ1v) is 7.24. The van der Waals surface area contributed by atoms with Gasteiger partial charge >= 0.3 is 0 Å². The maximum absolute atomic E-state index is 12.8. The largest absolute Gasteiger partial charge is 0.337 e. The summed E-state index contributed by atoms with van der Waals surface area (Å²) in [5, 5.41) is 14.2. The van der Waals surface area contributed by atoms with Gasteiger partial charge in [0.25, 0.3) is 11.6 Å². The first-order chi connectivity index (χ1) is 9.86. The highest BCUT2D eigenvalue weighted by Crippen LogP contribution is 2.23. The van der Waals surface area contributed by atoms with E-state index in [4.69, 9.17) is 0 Å². The lowest BCUT2D eigenvalue weighted by molar-refractivity contribution is -0.384. The zero-order valence-corrected chi connectivity index (χ0v) is 12.8. The number of hydrogen-bond acceptors (Lipinski definition) is 4. The minimum Gasteiger partial charge on any atom is -0.337 e. The van der Waals surface area contributed by atoms with Crippen molar-refractivity contribution in [2.24, 2.45) is 0 Å². The van der Waals surface area contributed by atoms with Gasteiger partial charge in [-0.15, -0.1) is 0 Å². The molecule has 1 N–H and O–H groups in total. The van der Waals surface area contributed by atoms with Crippen LogP contribution in [0, 0.1) is 10.1 Å². The monoisotopic (exact) mass is 294 g/mol. The molecule has 0 atom stereocenters. The molecule has 7 nitrogen and oxygen atoms in total. The molecule has 7 heteroatoms. The fraction of sp³-hybridized carbons (Fsp3) is 0.643. The molecule has 1 aromatic heterocycles. The smallest absolute Gasteiger partial charge is 0.287 e. The third kappa shape index (κ3) is 3.07. The molecule has 0 saturated carbocycles. The highest BCUT2D eigenvalue weighted by atomic mass is 16.6. The van der Waals surface area contributed by atoms with Crippen LogP contribution in [0.25, 0.3) is 0 Å². The molecule has 0 aliphatic carbocycles. The first kappa shape index (κ1) is 15.5. The first-order valence-electron chi connectivity index (χ1n) is 7.24. The lowest BCUT2D eigenvalue weighted by atomic mass is 9.99. The molecule has 1 aliphatic heterocycles. The van der Waals surface area contributed by atoms with Crippen LogP contribution in [0.5, 0.6) is 0 Å². The van der Waals surface area contributed by atoms with E-state index in [0.29, 0.717) is 18.8 Å². The van der Waals surface area contributed by atoms with Gasteiger partial charge in [0.05, 0.1) is 16.7 Å². The summed E-state index contributed by atoms with van der Waals surface area (Å²) in [7, 11) is 0. The Morgan fingerprint density at radius 3 is 2.81 bits per heavy atom. The number of nitrogens with zero attached hydrogens (tertiary/aromatic N) is 3. The van der Waals surface area contributed by atoms with Crippen LogP contribution in [-0.4, -0.2) is 45.5 Å². The van der Waals surface area contributed by atoms with Gasteiger partial charge in [0, 0.05) is 32.2 Å². The predicted molar refractivity (Wildman–Crippen MR) is 79.4 cm³/mol. The predicted octanol–water partition coefficient (Wildman–Crippen LogP) is 1.63. The number of hydrogen-bond donors (Lipinski definition) is 1. The maximum atomic E-state index is 12.8. The molecule has 1 aromatic rings. The molecular weight excluding hydrogens is 272 g/mol. The molecular formula is C14H22N4O3. The Bertz CT molecular complexity index is 550. The lowest BCUT2D eigenvalue weighted by Crippen LogP contribution is -2.60. The summed E-state index contributed by atoms with van der Waals surface area (Å²) in [5.41, 5.74) is 0.0732. The van der Waals surface area contributed by atoms with Crippen LogP contribution in [0.3, 0.4) is 0 Å². The summed E-state index contributed by atoms with van der Waals surface area (Å²) in [6.45, 7) is 8.64. The number of piperazine rings is 1. The van der Waals surface area contributed by atoms with Crippen molar-refractivity contribution in [2.75, 3.05) is 19.6 Å². The fourth-order valence-electron chi connectivity index (χ4n) is 2.70. The van der Waals surface area contributed by atoms with Crippen LogP contribution in [0.1, 0.15) is 37.7 Å². The molecule has 2 rings (SSSR count). The van der Waals surface area contributed by atoms with E-state index in [9.17, 15) is 14.9 Å². The molecule has 0 radical (unpaired) electrons. The van der Waals surface area contributed by atoms with Crippen molar-refractivity contribution < 1.29 is 9.72 Å². The van der Waals surface area contributed by atoms with Crippen molar-refractivity contribution in [2.45, 2.75) is 39.3 Å². The summed E-state index contributed by atoms with van der Waals surface area (Å²) in [6.07, 6.45) is 2.27. The fourth-order valence-corrected chi connectivity index (χ4v) is 2.70. The molecule has 1 fully saturated rings. The topological polar surface area (TPSA) is 80.4 Å². The van der Waals surface area contributed by atoms with E-state index in [2.05, 4.69) is 5.32 Å². The van der Waals surface area contributed by atoms with Gasteiger partial charge in [0.1, 0.15) is 5.69 Å². The quantitative estimate of drug-likeness (QED) is 0.676. The second-order valence-corrected chi connectivity index (χ2v) is 5.98. The second-order valence-electron chi connectivity index (χ2n) is 5.98. The summed E-state index contributed by atoms with van der Waals surface area (Å²) in [6, 6.07) is 1.39. The SMILES string of the molecule is CCCn1cc([N+](=O)[O-])cc1C(=O)N1CCNCC1(C)C. The Kier molecular flexibility index (Phi) is 4.32. The average Bonchev–Trinajstić information content (AvgIpc) is 2.82. The van der Waals surface area contributed by atoms with Gasteiger partial charge in [0.15, 0.2) is 0 Å². The van der Waals surface area contributed by atoms with E-state index in [-0.39, 0.29) is 17.1 Å². The van der Waals surface area contributed by atoms with Crippen molar-refractivity contribution in [3.63, 3.8) is 0 Å². The molecule has 1 saturated heterocycles. The Morgan fingerprint density at radius 2 is 2.24 bits per heavy atom. The van der Waals surface area contributed by atoms with E-state index in [1.54, 1.807) is 9.47 Å². The van der Waals surface area contributed by atoms with Crippen LogP contribution in [0.4, 0.5) is 5.69 Å². The van der Waals surface area contributed by atoms with Crippen LogP contribution in [0.15, 0.2) is 12.3 Å². The molecule has 116 valence electrons. The number of nitrogens with one attached hydrogen (secondary N) is 1. The highest BCUT2D eigenvalue weighted by molar-refractivity contribution is 5.94. The highest BCUT2D eigenvalue weighted by Gasteiger charge is 2.35. The Balaban J connectivity index is 2.35. The van der Waals surface area contributed by atoms with E-state index in [1.165, 1.54) is 12.3 Å². The Morgan fingerprint density at radius 1 is 1.52 bits per heavy atom. The molecule has 1 aliphatic rings. The van der Waals surface area contributed by atoms with E-state index in [0.717, 1.165) is 19.5 Å². The third-order valence-corrected chi connectivity index (χ3v) is 3.82. The second kappa shape index (κ2) is 5.85. The Labute approximate surface area is 124 Å². The van der Waals surface area contributed by atoms with E-state index >= 15 is 0 Å². The minimum atomic E-state index is -0.453. The van der Waals surface area contributed by atoms with Gasteiger partial charge in [-0.05, 0) is 20.3 Å². The normalized spacial score (nSPS) is 17.8. The summed E-state index contributed by atoms with van der Waals surface area (Å²) in [5.74, 6) is -0.136. The summed E-state index contributed by atoms with van der Waals surface area (Å²) < 4.78 is 1.69. The molecule has 1 amide bonds. The van der Waals surface area contributed by atoms with Gasteiger partial charge in [-0.3, -0.25) is 14.9 Å². The zero-order valence-electron chi connectivity index (χ0n) is 12.8. The van der Waals surface area contributed by atoms with Crippen LogP contribution in [-0.2, 0) is 6.54 Å². The van der Waals surface area contributed by atoms with Gasteiger partial charge in [-0.2, -0.15) is 0 Å². The minimum absolute atomic E-state index is 0.0280. The van der Waals surface area contributed by atoms with Crippen molar-refractivity contribution in [1.29, 1.82) is 0 Å². The van der Waals surface area contributed by atoms with E-state index in [1.807, 2.05) is 20.8 Å². The van der Waals surface area contributed by atoms with Crippen molar-refractivity contribution in [3.05, 3.63) is 28.1 Å². The van der Waals surface area contributed by atoms with Gasteiger partial charge < -0.3 is 14.8 Å². The van der Waals surface area contributed by atoms with Crippen molar-refractivity contribution in [1.82, 2.24) is 14.8 Å². The zero-order chi connectivity index (χ0) is 15.6. The van der Waals surface area contributed by atoms with Crippen molar-refractivity contribution in [3.8, 4) is 0 Å². The number of amides is 1. The van der Waals surface area contributed by atoms with Gasteiger partial charge in [-0.25, -0.2) is 0 Å². The lowest BCUT2D eigenvalue weighted by Gasteiger charge is -2.42. The van der Waals surface area contributed by atoms with Crippen LogP contribution < -0.4 is 5.32 Å².